The van der Waals surface area contributed by atoms with Gasteiger partial charge in [0.05, 0.1) is 17.1 Å². The molecule has 1 aliphatic heterocycles. The molecule has 5 heterocycles. The molecule has 4 N–H and O–H groups in total. The van der Waals surface area contributed by atoms with E-state index >= 15 is 0 Å². The second kappa shape index (κ2) is 9.76. The van der Waals surface area contributed by atoms with Gasteiger partial charge in [0.25, 0.3) is 0 Å². The Bertz CT molecular complexity index is 1610. The van der Waals surface area contributed by atoms with E-state index in [1.807, 2.05) is 38.5 Å². The molecule has 0 amide bonds. The lowest BCUT2D eigenvalue weighted by Crippen LogP contribution is -2.20. The predicted molar refractivity (Wildman–Crippen MR) is 147 cm³/mol. The summed E-state index contributed by atoms with van der Waals surface area (Å²) in [4.78, 5) is 14.8. The van der Waals surface area contributed by atoms with Gasteiger partial charge < -0.3 is 20.5 Å². The van der Waals surface area contributed by atoms with E-state index in [9.17, 15) is 4.39 Å². The molecule has 0 spiro atoms. The van der Waals surface area contributed by atoms with Crippen LogP contribution in [0.25, 0.3) is 50.2 Å². The topological polar surface area (TPSA) is 97.5 Å². The Labute approximate surface area is 214 Å². The van der Waals surface area contributed by atoms with Crippen molar-refractivity contribution < 1.29 is 4.39 Å². The second-order valence-corrected chi connectivity index (χ2v) is 9.64. The van der Waals surface area contributed by atoms with Crippen molar-refractivity contribution >= 4 is 33.2 Å². The van der Waals surface area contributed by atoms with E-state index < -0.39 is 0 Å². The molecular formula is C28H29FN8. The third-order valence-electron chi connectivity index (χ3n) is 6.72. The van der Waals surface area contributed by atoms with E-state index in [4.69, 9.17) is 0 Å². The van der Waals surface area contributed by atoms with Crippen LogP contribution in [0.2, 0.25) is 0 Å². The van der Waals surface area contributed by atoms with Crippen LogP contribution in [0.3, 0.4) is 0 Å². The van der Waals surface area contributed by atoms with Gasteiger partial charge in [0.1, 0.15) is 5.82 Å². The van der Waals surface area contributed by atoms with Crippen molar-refractivity contribution in [2.45, 2.75) is 6.42 Å². The number of halogens is 1. The molecule has 0 saturated heterocycles. The summed E-state index contributed by atoms with van der Waals surface area (Å²) in [5, 5.41) is 16.1. The van der Waals surface area contributed by atoms with Gasteiger partial charge in [0, 0.05) is 59.6 Å². The molecule has 0 aliphatic carbocycles. The number of rotatable bonds is 7. The highest BCUT2D eigenvalue weighted by Gasteiger charge is 2.16. The summed E-state index contributed by atoms with van der Waals surface area (Å²) in [6.45, 7) is 3.41. The van der Waals surface area contributed by atoms with Gasteiger partial charge in [-0.1, -0.05) is 6.08 Å². The summed E-state index contributed by atoms with van der Waals surface area (Å²) in [5.74, 6) is -0.301. The Kier molecular flexibility index (Phi) is 6.15. The number of hydrogen-bond donors (Lipinski definition) is 4. The first-order chi connectivity index (χ1) is 18.0. The molecule has 37 heavy (non-hydrogen) atoms. The van der Waals surface area contributed by atoms with E-state index in [0.29, 0.717) is 5.65 Å². The summed E-state index contributed by atoms with van der Waals surface area (Å²) in [6, 6.07) is 11.1. The number of likely N-dealkylation sites (N-methyl/N-ethyl adjacent to an activating group) is 1. The van der Waals surface area contributed by atoms with Crippen LogP contribution in [0.15, 0.2) is 54.9 Å². The lowest BCUT2D eigenvalue weighted by molar-refractivity contribution is 0.425. The molecule has 0 saturated carbocycles. The van der Waals surface area contributed by atoms with Crippen LogP contribution in [0.1, 0.15) is 12.0 Å². The minimum atomic E-state index is -0.301. The van der Waals surface area contributed by atoms with E-state index in [1.165, 1.54) is 17.7 Å². The van der Waals surface area contributed by atoms with E-state index in [2.05, 4.69) is 52.8 Å². The molecule has 0 fully saturated rings. The largest absolute Gasteiger partial charge is 0.384 e. The number of aromatic amines is 2. The number of H-pyrrole nitrogens is 2. The fourth-order valence-corrected chi connectivity index (χ4v) is 4.84. The minimum Gasteiger partial charge on any atom is -0.384 e. The maximum atomic E-state index is 14.6. The first-order valence-electron chi connectivity index (χ1n) is 12.5. The second-order valence-electron chi connectivity index (χ2n) is 9.64. The Balaban J connectivity index is 1.39. The number of nitrogens with one attached hydrogen (secondary N) is 4. The number of nitrogens with zero attached hydrogens (tertiary/aromatic N) is 4. The number of pyridine rings is 2. The molecule has 188 valence electrons. The highest BCUT2D eigenvalue weighted by molar-refractivity contribution is 6.00. The van der Waals surface area contributed by atoms with Crippen molar-refractivity contribution in [3.63, 3.8) is 0 Å². The van der Waals surface area contributed by atoms with Crippen molar-refractivity contribution in [3.8, 4) is 22.6 Å². The normalized spacial score (nSPS) is 14.0. The quantitative estimate of drug-likeness (QED) is 0.262. The SMILES string of the molecule is CN(C)CCNc1cc(F)cc(-c2nccc3[nH]c(-c4[nH]nc5ncc(C6=CCNCC6)cc45)cc23)c1. The van der Waals surface area contributed by atoms with Gasteiger partial charge >= 0.3 is 0 Å². The average molecular weight is 497 g/mol. The monoisotopic (exact) mass is 496 g/mol. The summed E-state index contributed by atoms with van der Waals surface area (Å²) in [5.41, 5.74) is 7.92. The molecule has 1 aliphatic rings. The summed E-state index contributed by atoms with van der Waals surface area (Å²) in [7, 11) is 4.02. The molecule has 8 nitrogen and oxygen atoms in total. The molecule has 1 aromatic carbocycles. The van der Waals surface area contributed by atoms with Crippen molar-refractivity contribution in [1.82, 2.24) is 35.4 Å². The van der Waals surface area contributed by atoms with Gasteiger partial charge in [0.2, 0.25) is 0 Å². The number of anilines is 1. The van der Waals surface area contributed by atoms with Crippen LogP contribution in [0.4, 0.5) is 10.1 Å². The molecule has 0 unspecified atom stereocenters. The number of aromatic nitrogens is 5. The summed E-state index contributed by atoms with van der Waals surface area (Å²) < 4.78 is 14.6. The Morgan fingerprint density at radius 3 is 2.81 bits per heavy atom. The van der Waals surface area contributed by atoms with Gasteiger partial charge in [-0.2, -0.15) is 5.10 Å². The lowest BCUT2D eigenvalue weighted by Gasteiger charge is -2.13. The first kappa shape index (κ1) is 23.3. The number of benzene rings is 1. The van der Waals surface area contributed by atoms with Gasteiger partial charge in [-0.15, -0.1) is 0 Å². The molecule has 4 aromatic heterocycles. The van der Waals surface area contributed by atoms with Crippen LogP contribution >= 0.6 is 0 Å². The molecule has 0 radical (unpaired) electrons. The minimum absolute atomic E-state index is 0.301. The molecule has 6 rings (SSSR count). The fraction of sp³-hybridized carbons (Fsp3) is 0.250. The maximum absolute atomic E-state index is 14.6. The van der Waals surface area contributed by atoms with Crippen molar-refractivity contribution in [1.29, 1.82) is 0 Å². The van der Waals surface area contributed by atoms with Gasteiger partial charge in [0.15, 0.2) is 5.65 Å². The maximum Gasteiger partial charge on any atom is 0.181 e. The zero-order valence-electron chi connectivity index (χ0n) is 20.9. The zero-order chi connectivity index (χ0) is 25.4. The highest BCUT2D eigenvalue weighted by atomic mass is 19.1. The fourth-order valence-electron chi connectivity index (χ4n) is 4.84. The molecule has 9 heteroatoms. The van der Waals surface area contributed by atoms with Crippen LogP contribution < -0.4 is 10.6 Å². The van der Waals surface area contributed by atoms with Crippen molar-refractivity contribution in [2.75, 3.05) is 45.6 Å². The smallest absolute Gasteiger partial charge is 0.181 e. The number of fused-ring (bicyclic) bond motifs is 2. The van der Waals surface area contributed by atoms with Crippen LogP contribution in [0, 0.1) is 5.82 Å². The van der Waals surface area contributed by atoms with Gasteiger partial charge in [-0.25, -0.2) is 9.37 Å². The first-order valence-corrected chi connectivity index (χ1v) is 12.5. The molecular weight excluding hydrogens is 467 g/mol. The summed E-state index contributed by atoms with van der Waals surface area (Å²) >= 11 is 0. The summed E-state index contributed by atoms with van der Waals surface area (Å²) in [6.07, 6.45) is 6.83. The highest BCUT2D eigenvalue weighted by Crippen LogP contribution is 2.34. The van der Waals surface area contributed by atoms with Crippen LogP contribution in [-0.2, 0) is 0 Å². The Morgan fingerprint density at radius 2 is 1.97 bits per heavy atom. The Morgan fingerprint density at radius 1 is 1.05 bits per heavy atom. The van der Waals surface area contributed by atoms with E-state index in [0.717, 1.165) is 82.8 Å². The van der Waals surface area contributed by atoms with Gasteiger partial charge in [-0.05, 0) is 74.6 Å². The standard InChI is InChI=1S/C28H29FN8/c1-37(2)10-9-31-21-12-18(11-20(29)14-21)26-22-15-25(34-24(22)5-8-32-26)27-23-13-19(16-33-28(23)36-35-27)17-3-6-30-7-4-17/h3,5,8,11-16,30-31,34H,4,6-7,9-10H2,1-2H3,(H,33,35,36). The molecule has 0 atom stereocenters. The van der Waals surface area contributed by atoms with E-state index in [1.54, 1.807) is 6.20 Å². The van der Waals surface area contributed by atoms with Crippen LogP contribution in [0.5, 0.6) is 0 Å². The molecule has 5 aromatic rings. The average Bonchev–Trinajstić information content (AvgIpc) is 3.52. The zero-order valence-corrected chi connectivity index (χ0v) is 20.9. The van der Waals surface area contributed by atoms with E-state index in [-0.39, 0.29) is 5.82 Å². The van der Waals surface area contributed by atoms with Crippen LogP contribution in [-0.4, -0.2) is 70.3 Å². The third-order valence-corrected chi connectivity index (χ3v) is 6.72. The Hall–Kier alpha value is -4.08. The number of hydrogen-bond acceptors (Lipinski definition) is 6. The van der Waals surface area contributed by atoms with Crippen molar-refractivity contribution in [2.24, 2.45) is 0 Å². The predicted octanol–water partition coefficient (Wildman–Crippen LogP) is 4.66. The molecule has 0 bridgehead atoms. The van der Waals surface area contributed by atoms with Crippen molar-refractivity contribution in [3.05, 3.63) is 66.2 Å². The van der Waals surface area contributed by atoms with Gasteiger partial charge in [-0.3, -0.25) is 10.1 Å². The third kappa shape index (κ3) is 4.71. The lowest BCUT2D eigenvalue weighted by atomic mass is 10.0.